The number of amides is 2. The lowest BCUT2D eigenvalue weighted by Gasteiger charge is -2.26. The highest BCUT2D eigenvalue weighted by atomic mass is 16.7. The van der Waals surface area contributed by atoms with E-state index >= 15 is 0 Å². The van der Waals surface area contributed by atoms with Crippen LogP contribution in [0.3, 0.4) is 0 Å². The van der Waals surface area contributed by atoms with Crippen LogP contribution in [0.1, 0.15) is 32.7 Å². The minimum atomic E-state index is -0.495. The second-order valence-corrected chi connectivity index (χ2v) is 7.07. The number of carbonyl (C=O) groups is 3. The van der Waals surface area contributed by atoms with Gasteiger partial charge in [0.2, 0.25) is 6.79 Å². The van der Waals surface area contributed by atoms with Crippen LogP contribution in [0, 0.1) is 0 Å². The molecule has 0 atom stereocenters. The normalized spacial score (nSPS) is 14.3. The van der Waals surface area contributed by atoms with Gasteiger partial charge in [0, 0.05) is 23.1 Å². The van der Waals surface area contributed by atoms with Gasteiger partial charge in [-0.15, -0.1) is 0 Å². The molecule has 30 heavy (non-hydrogen) atoms. The van der Waals surface area contributed by atoms with Gasteiger partial charge < -0.3 is 14.2 Å². The molecule has 0 fully saturated rings. The van der Waals surface area contributed by atoms with Crippen LogP contribution in [-0.2, 0) is 16.1 Å². The fourth-order valence-electron chi connectivity index (χ4n) is 3.75. The maximum absolute atomic E-state index is 12.8. The summed E-state index contributed by atoms with van der Waals surface area (Å²) >= 11 is 0. The Morgan fingerprint density at radius 2 is 1.63 bits per heavy atom. The van der Waals surface area contributed by atoms with Crippen LogP contribution in [0.15, 0.2) is 54.6 Å². The Kier molecular flexibility index (Phi) is 4.35. The summed E-state index contributed by atoms with van der Waals surface area (Å²) < 4.78 is 15.8. The number of fused-ring (bicyclic) bond motifs is 1. The van der Waals surface area contributed by atoms with Gasteiger partial charge in [0.1, 0.15) is 6.61 Å². The van der Waals surface area contributed by atoms with Gasteiger partial charge in [-0.2, -0.15) is 0 Å². The third-order valence-electron chi connectivity index (χ3n) is 5.23. The minimum Gasteiger partial charge on any atom is -0.461 e. The van der Waals surface area contributed by atoms with E-state index in [0.29, 0.717) is 28.0 Å². The first kappa shape index (κ1) is 18.2. The largest absolute Gasteiger partial charge is 0.461 e. The van der Waals surface area contributed by atoms with Gasteiger partial charge in [-0.1, -0.05) is 30.3 Å². The highest BCUT2D eigenvalue weighted by Gasteiger charge is 2.32. The average Bonchev–Trinajstić information content (AvgIpc) is 3.24. The Bertz CT molecular complexity index is 1150. The first-order valence-corrected chi connectivity index (χ1v) is 9.54. The first-order chi connectivity index (χ1) is 14.6. The summed E-state index contributed by atoms with van der Waals surface area (Å²) in [5, 5.41) is 1.51. The quantitative estimate of drug-likeness (QED) is 0.480. The zero-order valence-corrected chi connectivity index (χ0v) is 15.9. The van der Waals surface area contributed by atoms with Crippen molar-refractivity contribution in [3.63, 3.8) is 0 Å². The third-order valence-corrected chi connectivity index (χ3v) is 5.23. The Morgan fingerprint density at radius 3 is 2.37 bits per heavy atom. The van der Waals surface area contributed by atoms with Crippen molar-refractivity contribution < 1.29 is 28.6 Å². The number of imide groups is 1. The van der Waals surface area contributed by atoms with Crippen LogP contribution in [0.25, 0.3) is 10.8 Å². The summed E-state index contributed by atoms with van der Waals surface area (Å²) in [6.45, 7) is 0.204. The standard InChI is InChI=1S/C23H17NO6/c25-20(28-12-14-7-8-18-19(11-14)30-13-29-18)9-10-24-22(26)16-5-1-3-15-4-2-6-17(21(15)16)23(24)27/h1-8,11H,9-10,12-13H2. The number of esters is 1. The summed E-state index contributed by atoms with van der Waals surface area (Å²) in [5.74, 6) is -0.0190. The minimum absolute atomic E-state index is 0.0393. The van der Waals surface area contributed by atoms with E-state index in [1.54, 1.807) is 42.5 Å². The summed E-state index contributed by atoms with van der Waals surface area (Å²) in [6.07, 6.45) is -0.0832. The molecule has 0 saturated carbocycles. The molecule has 0 aromatic heterocycles. The lowest BCUT2D eigenvalue weighted by atomic mass is 9.94. The molecule has 3 aromatic rings. The number of ether oxygens (including phenoxy) is 3. The van der Waals surface area contributed by atoms with Gasteiger partial charge in [0.25, 0.3) is 11.8 Å². The molecule has 2 heterocycles. The second-order valence-electron chi connectivity index (χ2n) is 7.07. The van der Waals surface area contributed by atoms with Crippen molar-refractivity contribution in [3.05, 3.63) is 71.3 Å². The lowest BCUT2D eigenvalue weighted by molar-refractivity contribution is -0.145. The van der Waals surface area contributed by atoms with Crippen molar-refractivity contribution in [1.82, 2.24) is 4.90 Å². The van der Waals surface area contributed by atoms with Gasteiger partial charge in [-0.25, -0.2) is 0 Å². The third kappa shape index (κ3) is 3.04. The van der Waals surface area contributed by atoms with E-state index in [4.69, 9.17) is 14.2 Å². The summed E-state index contributed by atoms with van der Waals surface area (Å²) in [4.78, 5) is 39.0. The number of carbonyl (C=O) groups excluding carboxylic acids is 3. The molecule has 5 rings (SSSR count). The average molecular weight is 403 g/mol. The maximum atomic E-state index is 12.8. The van der Waals surface area contributed by atoms with Crippen molar-refractivity contribution >= 4 is 28.6 Å². The number of hydrogen-bond donors (Lipinski definition) is 0. The second kappa shape index (κ2) is 7.18. The summed E-state index contributed by atoms with van der Waals surface area (Å²) in [7, 11) is 0. The maximum Gasteiger partial charge on any atom is 0.307 e. The molecule has 3 aromatic carbocycles. The van der Waals surface area contributed by atoms with E-state index in [1.807, 2.05) is 12.1 Å². The fourth-order valence-corrected chi connectivity index (χ4v) is 3.75. The van der Waals surface area contributed by atoms with Crippen LogP contribution in [0.5, 0.6) is 11.5 Å². The predicted molar refractivity (Wildman–Crippen MR) is 106 cm³/mol. The smallest absolute Gasteiger partial charge is 0.307 e. The van der Waals surface area contributed by atoms with E-state index in [-0.39, 0.29) is 26.4 Å². The Balaban J connectivity index is 1.25. The molecular weight excluding hydrogens is 386 g/mol. The van der Waals surface area contributed by atoms with Gasteiger partial charge in [-0.05, 0) is 35.2 Å². The highest BCUT2D eigenvalue weighted by Crippen LogP contribution is 2.33. The molecule has 2 aliphatic heterocycles. The molecular formula is C23H17NO6. The van der Waals surface area contributed by atoms with E-state index in [2.05, 4.69) is 0 Å². The highest BCUT2D eigenvalue weighted by molar-refractivity contribution is 6.25. The Morgan fingerprint density at radius 1 is 0.933 bits per heavy atom. The zero-order chi connectivity index (χ0) is 20.7. The monoisotopic (exact) mass is 403 g/mol. The Hall–Kier alpha value is -3.87. The molecule has 0 spiro atoms. The van der Waals surface area contributed by atoms with Crippen molar-refractivity contribution in [2.24, 2.45) is 0 Å². The van der Waals surface area contributed by atoms with E-state index < -0.39 is 17.8 Å². The van der Waals surface area contributed by atoms with E-state index in [0.717, 1.165) is 15.8 Å². The van der Waals surface area contributed by atoms with Gasteiger partial charge in [-0.3, -0.25) is 19.3 Å². The molecule has 0 unspecified atom stereocenters. The van der Waals surface area contributed by atoms with Crippen LogP contribution in [-0.4, -0.2) is 36.0 Å². The van der Waals surface area contributed by atoms with Crippen molar-refractivity contribution in [2.75, 3.05) is 13.3 Å². The molecule has 2 amide bonds. The number of nitrogens with zero attached hydrogens (tertiary/aromatic N) is 1. The summed E-state index contributed by atoms with van der Waals surface area (Å²) in [5.41, 5.74) is 1.70. The fraction of sp³-hybridized carbons (Fsp3) is 0.174. The molecule has 2 aliphatic rings. The summed E-state index contributed by atoms with van der Waals surface area (Å²) in [6, 6.07) is 16.0. The number of benzene rings is 3. The lowest BCUT2D eigenvalue weighted by Crippen LogP contribution is -2.41. The van der Waals surface area contributed by atoms with E-state index in [1.165, 1.54) is 0 Å². The molecule has 0 N–H and O–H groups in total. The molecule has 0 saturated heterocycles. The van der Waals surface area contributed by atoms with Gasteiger partial charge >= 0.3 is 5.97 Å². The van der Waals surface area contributed by atoms with Crippen LogP contribution < -0.4 is 9.47 Å². The number of rotatable bonds is 5. The SMILES string of the molecule is O=C(CCN1C(=O)c2cccc3cccc(c23)C1=O)OCc1ccc2c(c1)OCO2. The van der Waals surface area contributed by atoms with Crippen molar-refractivity contribution in [1.29, 1.82) is 0 Å². The zero-order valence-electron chi connectivity index (χ0n) is 15.9. The predicted octanol–water partition coefficient (Wildman–Crippen LogP) is 3.30. The molecule has 150 valence electrons. The molecule has 0 aliphatic carbocycles. The van der Waals surface area contributed by atoms with Crippen LogP contribution in [0.2, 0.25) is 0 Å². The van der Waals surface area contributed by atoms with Crippen LogP contribution in [0.4, 0.5) is 0 Å². The van der Waals surface area contributed by atoms with Gasteiger partial charge in [0.15, 0.2) is 11.5 Å². The first-order valence-electron chi connectivity index (χ1n) is 9.54. The Labute approximate surface area is 171 Å². The number of hydrogen-bond acceptors (Lipinski definition) is 6. The molecule has 7 nitrogen and oxygen atoms in total. The molecule has 0 bridgehead atoms. The molecule has 0 radical (unpaired) electrons. The van der Waals surface area contributed by atoms with E-state index in [9.17, 15) is 14.4 Å². The van der Waals surface area contributed by atoms with Crippen LogP contribution >= 0.6 is 0 Å². The van der Waals surface area contributed by atoms with Crippen molar-refractivity contribution in [2.45, 2.75) is 13.0 Å². The molecule has 7 heteroatoms. The van der Waals surface area contributed by atoms with Crippen molar-refractivity contribution in [3.8, 4) is 11.5 Å². The van der Waals surface area contributed by atoms with Gasteiger partial charge in [0.05, 0.1) is 6.42 Å². The topological polar surface area (TPSA) is 82.1 Å².